The summed E-state index contributed by atoms with van der Waals surface area (Å²) in [6, 6.07) is 20.9. The van der Waals surface area contributed by atoms with E-state index < -0.39 is 6.10 Å². The highest BCUT2D eigenvalue weighted by Crippen LogP contribution is 2.24. The van der Waals surface area contributed by atoms with Gasteiger partial charge in [0.05, 0.1) is 6.10 Å². The van der Waals surface area contributed by atoms with Crippen LogP contribution in [0.1, 0.15) is 22.0 Å². The molecule has 0 aliphatic carbocycles. The van der Waals surface area contributed by atoms with Crippen LogP contribution in [-0.4, -0.2) is 17.6 Å². The molecule has 3 rings (SSSR count). The van der Waals surface area contributed by atoms with Gasteiger partial charge in [-0.15, -0.1) is 0 Å². The molecule has 0 spiro atoms. The van der Waals surface area contributed by atoms with Crippen molar-refractivity contribution in [3.63, 3.8) is 0 Å². The van der Waals surface area contributed by atoms with Crippen molar-refractivity contribution in [2.24, 2.45) is 0 Å². The monoisotopic (exact) mass is 369 g/mol. The largest absolute Gasteiger partial charge is 0.387 e. The first-order valence-electron chi connectivity index (χ1n) is 7.34. The second-order valence-corrected chi connectivity index (χ2v) is 6.22. The van der Waals surface area contributed by atoms with Crippen molar-refractivity contribution in [1.29, 1.82) is 0 Å². The molecule has 3 aromatic rings. The second-order valence-electron chi connectivity index (χ2n) is 5.30. The number of halogens is 1. The molecule has 0 aliphatic heterocycles. The standard InChI is InChI=1S/C19H16BrNO2/c20-15-8-3-7-14(11-15)19(23)21-12-18(22)17-10-4-6-13-5-1-2-9-16(13)17/h1-11,18,22H,12H2,(H,21,23)/t18-/m1/s1. The normalized spacial score (nSPS) is 12.1. The van der Waals surface area contributed by atoms with Crippen LogP contribution in [0, 0.1) is 0 Å². The Morgan fingerprint density at radius 3 is 2.61 bits per heavy atom. The lowest BCUT2D eigenvalue weighted by molar-refractivity contribution is 0.0917. The Kier molecular flexibility index (Phi) is 4.74. The molecule has 1 atom stereocenters. The minimum absolute atomic E-state index is 0.166. The van der Waals surface area contributed by atoms with E-state index >= 15 is 0 Å². The molecule has 0 bridgehead atoms. The van der Waals surface area contributed by atoms with Gasteiger partial charge in [0.25, 0.3) is 5.91 Å². The number of hydrogen-bond donors (Lipinski definition) is 2. The first-order chi connectivity index (χ1) is 11.1. The van der Waals surface area contributed by atoms with Gasteiger partial charge in [-0.25, -0.2) is 0 Å². The molecule has 4 heteroatoms. The fraction of sp³-hybridized carbons (Fsp3) is 0.105. The molecule has 0 unspecified atom stereocenters. The first-order valence-corrected chi connectivity index (χ1v) is 8.14. The lowest BCUT2D eigenvalue weighted by Crippen LogP contribution is -2.28. The van der Waals surface area contributed by atoms with Crippen LogP contribution >= 0.6 is 15.9 Å². The van der Waals surface area contributed by atoms with Crippen molar-refractivity contribution in [2.75, 3.05) is 6.54 Å². The number of benzene rings is 3. The van der Waals surface area contributed by atoms with Gasteiger partial charge in [0.1, 0.15) is 0 Å². The van der Waals surface area contributed by atoms with Gasteiger partial charge in [-0.2, -0.15) is 0 Å². The van der Waals surface area contributed by atoms with Gasteiger partial charge in [-0.05, 0) is 34.5 Å². The molecule has 0 heterocycles. The summed E-state index contributed by atoms with van der Waals surface area (Å²) in [5, 5.41) is 15.3. The van der Waals surface area contributed by atoms with E-state index in [1.54, 1.807) is 18.2 Å². The van der Waals surface area contributed by atoms with Crippen molar-refractivity contribution in [2.45, 2.75) is 6.10 Å². The summed E-state index contributed by atoms with van der Waals surface area (Å²) >= 11 is 3.34. The zero-order chi connectivity index (χ0) is 16.2. The molecule has 2 N–H and O–H groups in total. The van der Waals surface area contributed by atoms with Crippen LogP contribution in [0.25, 0.3) is 10.8 Å². The minimum atomic E-state index is -0.753. The summed E-state index contributed by atoms with van der Waals surface area (Å²) in [5.74, 6) is -0.203. The summed E-state index contributed by atoms with van der Waals surface area (Å²) < 4.78 is 0.847. The molecule has 23 heavy (non-hydrogen) atoms. The molecule has 0 aromatic heterocycles. The zero-order valence-corrected chi connectivity index (χ0v) is 14.0. The molecule has 116 valence electrons. The average Bonchev–Trinajstić information content (AvgIpc) is 2.59. The van der Waals surface area contributed by atoms with Crippen LogP contribution in [0.15, 0.2) is 71.2 Å². The maximum absolute atomic E-state index is 12.2. The zero-order valence-electron chi connectivity index (χ0n) is 12.4. The van der Waals surface area contributed by atoms with Gasteiger partial charge in [-0.1, -0.05) is 64.5 Å². The van der Waals surface area contributed by atoms with Gasteiger partial charge in [0, 0.05) is 16.6 Å². The number of rotatable bonds is 4. The van der Waals surface area contributed by atoms with Gasteiger partial charge >= 0.3 is 0 Å². The van der Waals surface area contributed by atoms with E-state index in [4.69, 9.17) is 0 Å². The van der Waals surface area contributed by atoms with Crippen molar-refractivity contribution in [3.8, 4) is 0 Å². The summed E-state index contributed by atoms with van der Waals surface area (Å²) in [5.41, 5.74) is 1.38. The number of aliphatic hydroxyl groups is 1. The molecule has 3 aromatic carbocycles. The third kappa shape index (κ3) is 3.60. The summed E-state index contributed by atoms with van der Waals surface area (Å²) in [4.78, 5) is 12.2. The number of carbonyl (C=O) groups excluding carboxylic acids is 1. The molecule has 0 aliphatic rings. The predicted octanol–water partition coefficient (Wildman–Crippen LogP) is 4.07. The predicted molar refractivity (Wildman–Crippen MR) is 95.4 cm³/mol. The van der Waals surface area contributed by atoms with Crippen molar-refractivity contribution in [1.82, 2.24) is 5.32 Å². The van der Waals surface area contributed by atoms with E-state index in [9.17, 15) is 9.90 Å². The van der Waals surface area contributed by atoms with Crippen molar-refractivity contribution >= 4 is 32.6 Å². The van der Waals surface area contributed by atoms with Gasteiger partial charge in [0.2, 0.25) is 0 Å². The molecule has 0 saturated carbocycles. The Bertz CT molecular complexity index is 842. The van der Waals surface area contributed by atoms with Crippen LogP contribution in [0.3, 0.4) is 0 Å². The Morgan fingerprint density at radius 2 is 1.78 bits per heavy atom. The smallest absolute Gasteiger partial charge is 0.251 e. The molecular weight excluding hydrogens is 354 g/mol. The second kappa shape index (κ2) is 6.94. The number of carbonyl (C=O) groups is 1. The Morgan fingerprint density at radius 1 is 1.04 bits per heavy atom. The van der Waals surface area contributed by atoms with Crippen LogP contribution in [-0.2, 0) is 0 Å². The fourth-order valence-corrected chi connectivity index (χ4v) is 2.97. The van der Waals surface area contributed by atoms with Gasteiger partial charge in [0.15, 0.2) is 0 Å². The minimum Gasteiger partial charge on any atom is -0.387 e. The molecule has 0 fully saturated rings. The van der Waals surface area contributed by atoms with Crippen LogP contribution in [0.5, 0.6) is 0 Å². The Labute approximate surface area is 143 Å². The maximum atomic E-state index is 12.2. The Hall–Kier alpha value is -2.17. The first kappa shape index (κ1) is 15.7. The molecule has 0 saturated heterocycles. The molecule has 1 amide bonds. The number of amides is 1. The van der Waals surface area contributed by atoms with Crippen molar-refractivity contribution in [3.05, 3.63) is 82.3 Å². The summed E-state index contributed by atoms with van der Waals surface area (Å²) in [6.07, 6.45) is -0.753. The highest BCUT2D eigenvalue weighted by Gasteiger charge is 2.13. The van der Waals surface area contributed by atoms with E-state index in [0.717, 1.165) is 20.8 Å². The number of nitrogens with one attached hydrogen (secondary N) is 1. The third-order valence-corrected chi connectivity index (χ3v) is 4.22. The van der Waals surface area contributed by atoms with Crippen LogP contribution in [0.2, 0.25) is 0 Å². The third-order valence-electron chi connectivity index (χ3n) is 3.73. The molecular formula is C19H16BrNO2. The Balaban J connectivity index is 1.74. The highest BCUT2D eigenvalue weighted by molar-refractivity contribution is 9.10. The summed E-state index contributed by atoms with van der Waals surface area (Å²) in [7, 11) is 0. The molecule has 0 radical (unpaired) electrons. The molecule has 3 nitrogen and oxygen atoms in total. The number of aliphatic hydroxyl groups excluding tert-OH is 1. The van der Waals surface area contributed by atoms with Crippen LogP contribution < -0.4 is 5.32 Å². The number of hydrogen-bond acceptors (Lipinski definition) is 2. The van der Waals surface area contributed by atoms with Gasteiger partial charge in [-0.3, -0.25) is 4.79 Å². The van der Waals surface area contributed by atoms with E-state index in [1.165, 1.54) is 0 Å². The average molecular weight is 370 g/mol. The SMILES string of the molecule is O=C(NC[C@@H](O)c1cccc2ccccc12)c1cccc(Br)c1. The van der Waals surface area contributed by atoms with E-state index in [-0.39, 0.29) is 12.5 Å². The summed E-state index contributed by atoms with van der Waals surface area (Å²) in [6.45, 7) is 0.166. The lowest BCUT2D eigenvalue weighted by Gasteiger charge is -2.15. The highest BCUT2D eigenvalue weighted by atomic mass is 79.9. The fourth-order valence-electron chi connectivity index (χ4n) is 2.57. The quantitative estimate of drug-likeness (QED) is 0.728. The van der Waals surface area contributed by atoms with E-state index in [0.29, 0.717) is 5.56 Å². The van der Waals surface area contributed by atoms with Gasteiger partial charge < -0.3 is 10.4 Å². The van der Waals surface area contributed by atoms with Crippen molar-refractivity contribution < 1.29 is 9.90 Å². The topological polar surface area (TPSA) is 49.3 Å². The van der Waals surface area contributed by atoms with Crippen LogP contribution in [0.4, 0.5) is 0 Å². The lowest BCUT2D eigenvalue weighted by atomic mass is 10.0. The number of fused-ring (bicyclic) bond motifs is 1. The van der Waals surface area contributed by atoms with E-state index in [1.807, 2.05) is 48.5 Å². The van der Waals surface area contributed by atoms with E-state index in [2.05, 4.69) is 21.2 Å². The maximum Gasteiger partial charge on any atom is 0.251 e.